The molecule has 0 unspecified atom stereocenters. The normalized spacial score (nSPS) is 12.6. The van der Waals surface area contributed by atoms with Crippen molar-refractivity contribution in [3.63, 3.8) is 0 Å². The number of ether oxygens (including phenoxy) is 2. The Balaban J connectivity index is 4.00. The van der Waals surface area contributed by atoms with Crippen LogP contribution in [0.15, 0.2) is 12.2 Å². The van der Waals surface area contributed by atoms with Gasteiger partial charge in [-0.15, -0.1) is 0 Å². The van der Waals surface area contributed by atoms with Gasteiger partial charge in [0.25, 0.3) is 0 Å². The zero-order chi connectivity index (χ0) is 31.2. The predicted molar refractivity (Wildman–Crippen MR) is 170 cm³/mol. The molecular formula is C33H63O8P. The Labute approximate surface area is 257 Å². The summed E-state index contributed by atoms with van der Waals surface area (Å²) >= 11 is 0. The molecule has 0 fully saturated rings. The van der Waals surface area contributed by atoms with Crippen molar-refractivity contribution >= 4 is 19.8 Å². The Morgan fingerprint density at radius 3 is 1.45 bits per heavy atom. The van der Waals surface area contributed by atoms with E-state index >= 15 is 0 Å². The van der Waals surface area contributed by atoms with Crippen molar-refractivity contribution in [2.45, 2.75) is 174 Å². The lowest BCUT2D eigenvalue weighted by atomic mass is 10.1. The number of phosphoric ester groups is 1. The molecule has 1 atom stereocenters. The lowest BCUT2D eigenvalue weighted by Gasteiger charge is -2.18. The van der Waals surface area contributed by atoms with Crippen molar-refractivity contribution in [3.05, 3.63) is 12.2 Å². The van der Waals surface area contributed by atoms with Crippen molar-refractivity contribution in [1.82, 2.24) is 0 Å². The van der Waals surface area contributed by atoms with Gasteiger partial charge in [-0.2, -0.15) is 0 Å². The minimum absolute atomic E-state index is 0.214. The number of carbonyl (C=O) groups excluding carboxylic acids is 2. The molecule has 0 aliphatic heterocycles. The minimum Gasteiger partial charge on any atom is -0.462 e. The van der Waals surface area contributed by atoms with Crippen LogP contribution in [0.3, 0.4) is 0 Å². The third kappa shape index (κ3) is 31.7. The molecule has 9 heteroatoms. The fourth-order valence-corrected chi connectivity index (χ4v) is 5.08. The molecule has 42 heavy (non-hydrogen) atoms. The molecule has 0 aliphatic carbocycles. The van der Waals surface area contributed by atoms with Crippen LogP contribution in [0.4, 0.5) is 0 Å². The van der Waals surface area contributed by atoms with Crippen LogP contribution in [-0.2, 0) is 28.2 Å². The summed E-state index contributed by atoms with van der Waals surface area (Å²) in [6.07, 6.45) is 29.4. The second-order valence-corrected chi connectivity index (χ2v) is 12.7. The molecule has 0 saturated heterocycles. The predicted octanol–water partition coefficient (Wildman–Crippen LogP) is 9.51. The number of hydrogen-bond donors (Lipinski definition) is 2. The van der Waals surface area contributed by atoms with E-state index in [1.165, 1.54) is 77.0 Å². The van der Waals surface area contributed by atoms with E-state index in [0.29, 0.717) is 12.8 Å². The summed E-state index contributed by atoms with van der Waals surface area (Å²) in [6, 6.07) is 0. The number of hydrogen-bond acceptors (Lipinski definition) is 6. The molecule has 0 rings (SSSR count). The maximum Gasteiger partial charge on any atom is 0.469 e. The fourth-order valence-electron chi connectivity index (χ4n) is 4.72. The van der Waals surface area contributed by atoms with E-state index in [1.807, 2.05) is 0 Å². The van der Waals surface area contributed by atoms with Gasteiger partial charge in [-0.1, -0.05) is 129 Å². The van der Waals surface area contributed by atoms with Gasteiger partial charge >= 0.3 is 19.8 Å². The van der Waals surface area contributed by atoms with Gasteiger partial charge in [0.1, 0.15) is 6.61 Å². The SMILES string of the molecule is CCCCCCC/C=C/CCCCCCCC(=O)OC[C@H](COP(=O)(O)O)OC(=O)CCCCCCCCCCCC. The Kier molecular flexibility index (Phi) is 29.0. The summed E-state index contributed by atoms with van der Waals surface area (Å²) in [4.78, 5) is 42.4. The van der Waals surface area contributed by atoms with E-state index < -0.39 is 32.5 Å². The van der Waals surface area contributed by atoms with Crippen molar-refractivity contribution in [2.24, 2.45) is 0 Å². The van der Waals surface area contributed by atoms with Crippen LogP contribution >= 0.6 is 7.82 Å². The van der Waals surface area contributed by atoms with Gasteiger partial charge in [-0.3, -0.25) is 14.1 Å². The van der Waals surface area contributed by atoms with Crippen molar-refractivity contribution < 1.29 is 37.9 Å². The highest BCUT2D eigenvalue weighted by Gasteiger charge is 2.22. The summed E-state index contributed by atoms with van der Waals surface area (Å²) in [6.45, 7) is 3.63. The van der Waals surface area contributed by atoms with Crippen LogP contribution in [0.2, 0.25) is 0 Å². The van der Waals surface area contributed by atoms with Crippen LogP contribution < -0.4 is 0 Å². The van der Waals surface area contributed by atoms with E-state index in [9.17, 15) is 14.2 Å². The summed E-state index contributed by atoms with van der Waals surface area (Å²) < 4.78 is 26.2. The molecular weight excluding hydrogens is 555 g/mol. The highest BCUT2D eigenvalue weighted by Crippen LogP contribution is 2.35. The third-order valence-corrected chi connectivity index (χ3v) is 7.77. The maximum absolute atomic E-state index is 12.3. The number of unbranched alkanes of at least 4 members (excludes halogenated alkanes) is 19. The second-order valence-electron chi connectivity index (χ2n) is 11.5. The minimum atomic E-state index is -4.74. The largest absolute Gasteiger partial charge is 0.469 e. The molecule has 248 valence electrons. The molecule has 0 bridgehead atoms. The molecule has 0 aliphatic rings. The van der Waals surface area contributed by atoms with Gasteiger partial charge in [-0.25, -0.2) is 4.57 Å². The monoisotopic (exact) mass is 618 g/mol. The van der Waals surface area contributed by atoms with Crippen LogP contribution in [0, 0.1) is 0 Å². The number of rotatable bonds is 31. The molecule has 8 nitrogen and oxygen atoms in total. The summed E-state index contributed by atoms with van der Waals surface area (Å²) in [5.74, 6) is -0.893. The average molecular weight is 619 g/mol. The lowest BCUT2D eigenvalue weighted by molar-refractivity contribution is -0.161. The molecule has 0 aromatic carbocycles. The van der Waals surface area contributed by atoms with E-state index in [-0.39, 0.29) is 19.4 Å². The number of carbonyl (C=O) groups is 2. The molecule has 0 aromatic rings. The van der Waals surface area contributed by atoms with E-state index in [1.54, 1.807) is 0 Å². The first-order valence-corrected chi connectivity index (χ1v) is 18.5. The van der Waals surface area contributed by atoms with Crippen molar-refractivity contribution in [3.8, 4) is 0 Å². The summed E-state index contributed by atoms with van der Waals surface area (Å²) in [7, 11) is -4.74. The topological polar surface area (TPSA) is 119 Å². The standard InChI is InChI=1S/C33H63O8P/c1-3-5-7-9-11-13-15-16-17-18-20-21-23-25-27-32(34)39-29-31(30-40-42(36,37)38)41-33(35)28-26-24-22-19-14-12-10-8-6-4-2/h15-16,31H,3-14,17-30H2,1-2H3,(H2,36,37,38)/b16-15+/t31-/m1/s1. The van der Waals surface area contributed by atoms with E-state index in [4.69, 9.17) is 19.3 Å². The Morgan fingerprint density at radius 1 is 0.595 bits per heavy atom. The van der Waals surface area contributed by atoms with Crippen LogP contribution in [0.5, 0.6) is 0 Å². The Hall–Kier alpha value is -1.21. The molecule has 0 amide bonds. The molecule has 2 N–H and O–H groups in total. The fraction of sp³-hybridized carbons (Fsp3) is 0.879. The highest BCUT2D eigenvalue weighted by molar-refractivity contribution is 7.46. The van der Waals surface area contributed by atoms with Crippen LogP contribution in [-0.4, -0.2) is 41.0 Å². The van der Waals surface area contributed by atoms with Gasteiger partial charge in [0, 0.05) is 12.8 Å². The van der Waals surface area contributed by atoms with Crippen molar-refractivity contribution in [2.75, 3.05) is 13.2 Å². The van der Waals surface area contributed by atoms with Gasteiger partial charge in [0.15, 0.2) is 6.10 Å². The number of esters is 2. The van der Waals surface area contributed by atoms with Gasteiger partial charge in [0.05, 0.1) is 6.61 Å². The molecule has 0 aromatic heterocycles. The maximum atomic E-state index is 12.3. The van der Waals surface area contributed by atoms with E-state index in [2.05, 4.69) is 30.5 Å². The van der Waals surface area contributed by atoms with Crippen molar-refractivity contribution in [1.29, 1.82) is 0 Å². The Bertz CT molecular complexity index is 706. The average Bonchev–Trinajstić information content (AvgIpc) is 2.95. The Morgan fingerprint density at radius 2 is 1.00 bits per heavy atom. The summed E-state index contributed by atoms with van der Waals surface area (Å²) in [5.41, 5.74) is 0. The molecule has 0 saturated carbocycles. The zero-order valence-corrected chi connectivity index (χ0v) is 27.8. The van der Waals surface area contributed by atoms with Gasteiger partial charge in [0.2, 0.25) is 0 Å². The number of allylic oxidation sites excluding steroid dienone is 2. The highest BCUT2D eigenvalue weighted by atomic mass is 31.2. The van der Waals surface area contributed by atoms with Crippen LogP contribution in [0.25, 0.3) is 0 Å². The molecule has 0 spiro atoms. The number of phosphoric acid groups is 1. The third-order valence-electron chi connectivity index (χ3n) is 7.28. The zero-order valence-electron chi connectivity index (χ0n) is 26.9. The van der Waals surface area contributed by atoms with Gasteiger partial charge in [-0.05, 0) is 38.5 Å². The second kappa shape index (κ2) is 29.8. The molecule has 0 heterocycles. The first-order chi connectivity index (χ1) is 20.3. The quantitative estimate of drug-likeness (QED) is 0.0341. The summed E-state index contributed by atoms with van der Waals surface area (Å²) in [5, 5.41) is 0. The van der Waals surface area contributed by atoms with E-state index in [0.717, 1.165) is 51.4 Å². The lowest BCUT2D eigenvalue weighted by Crippen LogP contribution is -2.29. The van der Waals surface area contributed by atoms with Gasteiger partial charge < -0.3 is 19.3 Å². The first kappa shape index (κ1) is 40.8. The van der Waals surface area contributed by atoms with Crippen LogP contribution in [0.1, 0.15) is 168 Å². The smallest absolute Gasteiger partial charge is 0.462 e. The molecule has 0 radical (unpaired) electrons. The first-order valence-electron chi connectivity index (χ1n) is 17.0.